The highest BCUT2D eigenvalue weighted by Crippen LogP contribution is 2.28. The number of nitrogen functional groups attached to an aromatic ring is 1. The number of halogens is 1. The van der Waals surface area contributed by atoms with E-state index in [9.17, 15) is 4.79 Å². The predicted octanol–water partition coefficient (Wildman–Crippen LogP) is 4.86. The molecular weight excluding hydrogens is 384 g/mol. The molecule has 0 aliphatic heterocycles. The molecule has 0 aliphatic rings. The molecule has 2 aromatic carbocycles. The van der Waals surface area contributed by atoms with Crippen LogP contribution < -0.4 is 15.8 Å². The van der Waals surface area contributed by atoms with E-state index in [4.69, 9.17) is 14.9 Å². The largest absolute Gasteiger partial charge is 0.495 e. The smallest absolute Gasteiger partial charge is 0.291 e. The third kappa shape index (κ3) is 3.69. The second-order valence-electron chi connectivity index (χ2n) is 5.54. The summed E-state index contributed by atoms with van der Waals surface area (Å²) < 4.78 is 11.8. The number of nitrogens with one attached hydrogen (secondary N) is 1. The number of methoxy groups -OCH3 is 1. The first-order chi connectivity index (χ1) is 12.0. The molecule has 0 spiro atoms. The van der Waals surface area contributed by atoms with E-state index in [0.717, 1.165) is 15.6 Å². The number of hydrogen-bond acceptors (Lipinski definition) is 4. The number of rotatable bonds is 4. The van der Waals surface area contributed by atoms with Crippen molar-refractivity contribution in [2.45, 2.75) is 6.92 Å². The van der Waals surface area contributed by atoms with Crippen molar-refractivity contribution in [1.29, 1.82) is 0 Å². The lowest BCUT2D eigenvalue weighted by Gasteiger charge is -2.08. The van der Waals surface area contributed by atoms with Gasteiger partial charge in [0.1, 0.15) is 11.5 Å². The summed E-state index contributed by atoms with van der Waals surface area (Å²) in [6.07, 6.45) is 0. The molecule has 1 heterocycles. The zero-order chi connectivity index (χ0) is 18.0. The molecule has 0 unspecified atom stereocenters. The molecule has 6 heteroatoms. The van der Waals surface area contributed by atoms with Crippen molar-refractivity contribution in [1.82, 2.24) is 0 Å². The summed E-state index contributed by atoms with van der Waals surface area (Å²) in [5, 5.41) is 2.76. The number of carbonyl (C=O) groups is 1. The average Bonchev–Trinajstić information content (AvgIpc) is 3.08. The number of aryl methyl sites for hydroxylation is 1. The van der Waals surface area contributed by atoms with Crippen molar-refractivity contribution < 1.29 is 13.9 Å². The first-order valence-corrected chi connectivity index (χ1v) is 8.38. The molecule has 0 saturated carbocycles. The van der Waals surface area contributed by atoms with Gasteiger partial charge in [-0.05, 0) is 55.0 Å². The number of anilines is 2. The standard InChI is InChI=1S/C19H17BrN2O3/c1-11-9-12(3-5-14(11)20)16-7-8-18(25-16)19(23)22-13-4-6-17(24-2)15(21)10-13/h3-10H,21H2,1-2H3,(H,22,23). The van der Waals surface area contributed by atoms with Crippen LogP contribution in [0.2, 0.25) is 0 Å². The molecule has 5 nitrogen and oxygen atoms in total. The van der Waals surface area contributed by atoms with Gasteiger partial charge in [0.15, 0.2) is 5.76 Å². The lowest BCUT2D eigenvalue weighted by atomic mass is 10.1. The van der Waals surface area contributed by atoms with Gasteiger partial charge in [-0.1, -0.05) is 22.0 Å². The first kappa shape index (κ1) is 17.1. The zero-order valence-corrected chi connectivity index (χ0v) is 15.4. The Hall–Kier alpha value is -2.73. The van der Waals surface area contributed by atoms with Gasteiger partial charge in [-0.15, -0.1) is 0 Å². The maximum absolute atomic E-state index is 12.4. The van der Waals surface area contributed by atoms with E-state index in [1.807, 2.05) is 25.1 Å². The van der Waals surface area contributed by atoms with Gasteiger partial charge in [0, 0.05) is 15.7 Å². The maximum Gasteiger partial charge on any atom is 0.291 e. The van der Waals surface area contributed by atoms with E-state index in [-0.39, 0.29) is 11.7 Å². The van der Waals surface area contributed by atoms with Gasteiger partial charge >= 0.3 is 0 Å². The zero-order valence-electron chi connectivity index (χ0n) is 13.8. The monoisotopic (exact) mass is 400 g/mol. The van der Waals surface area contributed by atoms with Gasteiger partial charge in [-0.25, -0.2) is 0 Å². The number of ether oxygens (including phenoxy) is 1. The van der Waals surface area contributed by atoms with Crippen LogP contribution in [-0.2, 0) is 0 Å². The molecule has 1 amide bonds. The summed E-state index contributed by atoms with van der Waals surface area (Å²) in [5.41, 5.74) is 8.87. The highest BCUT2D eigenvalue weighted by atomic mass is 79.9. The van der Waals surface area contributed by atoms with Crippen molar-refractivity contribution >= 4 is 33.2 Å². The van der Waals surface area contributed by atoms with Crippen LogP contribution >= 0.6 is 15.9 Å². The molecule has 0 saturated heterocycles. The molecule has 0 bridgehead atoms. The van der Waals surface area contributed by atoms with Gasteiger partial charge in [0.05, 0.1) is 12.8 Å². The molecule has 3 aromatic rings. The number of hydrogen-bond donors (Lipinski definition) is 2. The van der Waals surface area contributed by atoms with E-state index >= 15 is 0 Å². The Morgan fingerprint density at radius 2 is 1.96 bits per heavy atom. The molecular formula is C19H17BrN2O3. The molecule has 25 heavy (non-hydrogen) atoms. The second-order valence-corrected chi connectivity index (χ2v) is 6.39. The van der Waals surface area contributed by atoms with E-state index in [1.165, 1.54) is 7.11 Å². The second kappa shape index (κ2) is 7.03. The van der Waals surface area contributed by atoms with Gasteiger partial charge in [0.25, 0.3) is 5.91 Å². The molecule has 0 radical (unpaired) electrons. The topological polar surface area (TPSA) is 77.5 Å². The van der Waals surface area contributed by atoms with E-state index in [0.29, 0.717) is 22.9 Å². The fourth-order valence-corrected chi connectivity index (χ4v) is 2.66. The summed E-state index contributed by atoms with van der Waals surface area (Å²) in [7, 11) is 1.54. The Labute approximate surface area is 153 Å². The number of benzene rings is 2. The van der Waals surface area contributed by atoms with E-state index in [1.54, 1.807) is 30.3 Å². The molecule has 0 atom stereocenters. The number of furan rings is 1. The van der Waals surface area contributed by atoms with Gasteiger partial charge in [-0.3, -0.25) is 4.79 Å². The highest BCUT2D eigenvalue weighted by molar-refractivity contribution is 9.10. The van der Waals surface area contributed by atoms with Gasteiger partial charge in [-0.2, -0.15) is 0 Å². The summed E-state index contributed by atoms with van der Waals surface area (Å²) in [6.45, 7) is 2.00. The molecule has 0 aliphatic carbocycles. The van der Waals surface area contributed by atoms with Crippen LogP contribution in [0.5, 0.6) is 5.75 Å². The normalized spacial score (nSPS) is 10.5. The van der Waals surface area contributed by atoms with Crippen LogP contribution in [0.15, 0.2) is 57.4 Å². The fraction of sp³-hybridized carbons (Fsp3) is 0.105. The van der Waals surface area contributed by atoms with Crippen LogP contribution in [0.25, 0.3) is 11.3 Å². The lowest BCUT2D eigenvalue weighted by molar-refractivity contribution is 0.0997. The predicted molar refractivity (Wildman–Crippen MR) is 102 cm³/mol. The van der Waals surface area contributed by atoms with Crippen molar-refractivity contribution in [3.8, 4) is 17.1 Å². The first-order valence-electron chi connectivity index (χ1n) is 7.59. The van der Waals surface area contributed by atoms with Gasteiger partial charge < -0.3 is 20.2 Å². The minimum absolute atomic E-state index is 0.227. The Balaban J connectivity index is 1.78. The fourth-order valence-electron chi connectivity index (χ4n) is 2.42. The molecule has 128 valence electrons. The quantitative estimate of drug-likeness (QED) is 0.612. The lowest BCUT2D eigenvalue weighted by Crippen LogP contribution is -2.11. The van der Waals surface area contributed by atoms with Crippen molar-refractivity contribution in [3.63, 3.8) is 0 Å². The summed E-state index contributed by atoms with van der Waals surface area (Å²) >= 11 is 3.47. The van der Waals surface area contributed by atoms with E-state index < -0.39 is 0 Å². The molecule has 3 rings (SSSR count). The van der Waals surface area contributed by atoms with Crippen molar-refractivity contribution in [2.24, 2.45) is 0 Å². The van der Waals surface area contributed by atoms with Crippen LogP contribution in [0.3, 0.4) is 0 Å². The molecule has 3 N–H and O–H groups in total. The van der Waals surface area contributed by atoms with Crippen LogP contribution in [0.4, 0.5) is 11.4 Å². The van der Waals surface area contributed by atoms with Crippen LogP contribution in [0, 0.1) is 6.92 Å². The Morgan fingerprint density at radius 1 is 1.16 bits per heavy atom. The number of carbonyl (C=O) groups excluding carboxylic acids is 1. The number of nitrogens with two attached hydrogens (primary N) is 1. The summed E-state index contributed by atoms with van der Waals surface area (Å²) in [4.78, 5) is 12.4. The van der Waals surface area contributed by atoms with Gasteiger partial charge in [0.2, 0.25) is 0 Å². The third-order valence-electron chi connectivity index (χ3n) is 3.76. The third-order valence-corrected chi connectivity index (χ3v) is 4.65. The number of amides is 1. The van der Waals surface area contributed by atoms with Crippen LogP contribution in [0.1, 0.15) is 16.1 Å². The minimum atomic E-state index is -0.343. The Kier molecular flexibility index (Phi) is 4.81. The average molecular weight is 401 g/mol. The Morgan fingerprint density at radius 3 is 2.64 bits per heavy atom. The van der Waals surface area contributed by atoms with Crippen molar-refractivity contribution in [3.05, 3.63) is 64.3 Å². The summed E-state index contributed by atoms with van der Waals surface area (Å²) in [5.74, 6) is 1.08. The minimum Gasteiger partial charge on any atom is -0.495 e. The maximum atomic E-state index is 12.4. The van der Waals surface area contributed by atoms with Crippen molar-refractivity contribution in [2.75, 3.05) is 18.2 Å². The van der Waals surface area contributed by atoms with Crippen LogP contribution in [-0.4, -0.2) is 13.0 Å². The van der Waals surface area contributed by atoms with E-state index in [2.05, 4.69) is 21.2 Å². The molecule has 1 aromatic heterocycles. The Bertz CT molecular complexity index is 934. The SMILES string of the molecule is COc1ccc(NC(=O)c2ccc(-c3ccc(Br)c(C)c3)o2)cc1N. The highest BCUT2D eigenvalue weighted by Gasteiger charge is 2.13. The molecule has 0 fully saturated rings. The summed E-state index contributed by atoms with van der Waals surface area (Å²) in [6, 6.07) is 14.4.